The van der Waals surface area contributed by atoms with Crippen LogP contribution in [-0.4, -0.2) is 20.7 Å². The second-order valence-corrected chi connectivity index (χ2v) is 5.81. The first-order valence-electron chi connectivity index (χ1n) is 4.74. The largest absolute Gasteiger partial charge is 0.330 e. The second-order valence-electron chi connectivity index (χ2n) is 3.27. The zero-order valence-corrected chi connectivity index (χ0v) is 9.89. The Morgan fingerprint density at radius 2 is 1.73 bits per heavy atom. The smallest absolute Gasteiger partial charge is 0.178 e. The van der Waals surface area contributed by atoms with Crippen molar-refractivity contribution in [2.45, 2.75) is 17.7 Å². The molecule has 3 nitrogen and oxygen atoms in total. The Kier molecular flexibility index (Phi) is 4.57. The van der Waals surface area contributed by atoms with E-state index >= 15 is 0 Å². The highest BCUT2D eigenvalue weighted by Crippen LogP contribution is 2.16. The van der Waals surface area contributed by atoms with Crippen molar-refractivity contribution in [2.75, 3.05) is 12.3 Å². The van der Waals surface area contributed by atoms with Gasteiger partial charge in [-0.3, -0.25) is 0 Å². The van der Waals surface area contributed by atoms with Gasteiger partial charge in [0, 0.05) is 5.02 Å². The molecule has 1 aromatic carbocycles. The molecule has 0 atom stereocenters. The molecule has 5 heteroatoms. The Morgan fingerprint density at radius 1 is 1.13 bits per heavy atom. The SMILES string of the molecule is NCCCCS(=O)(=O)c1ccc(Cl)cc1. The molecule has 0 aromatic heterocycles. The fraction of sp³-hybridized carbons (Fsp3) is 0.400. The average molecular weight is 248 g/mol. The molecule has 0 bridgehead atoms. The summed E-state index contributed by atoms with van der Waals surface area (Å²) in [5.74, 6) is 0.145. The van der Waals surface area contributed by atoms with Gasteiger partial charge < -0.3 is 5.73 Å². The van der Waals surface area contributed by atoms with Gasteiger partial charge in [0.1, 0.15) is 0 Å². The summed E-state index contributed by atoms with van der Waals surface area (Å²) >= 11 is 5.68. The molecule has 1 aromatic rings. The molecule has 0 aliphatic heterocycles. The number of unbranched alkanes of at least 4 members (excludes halogenated alkanes) is 1. The number of halogens is 1. The van der Waals surface area contributed by atoms with E-state index in [0.717, 1.165) is 6.42 Å². The van der Waals surface area contributed by atoms with Gasteiger partial charge in [-0.25, -0.2) is 8.42 Å². The molecule has 0 saturated carbocycles. The summed E-state index contributed by atoms with van der Waals surface area (Å²) in [5, 5.41) is 0.538. The maximum Gasteiger partial charge on any atom is 0.178 e. The van der Waals surface area contributed by atoms with Crippen LogP contribution in [0, 0.1) is 0 Å². The van der Waals surface area contributed by atoms with Gasteiger partial charge in [-0.15, -0.1) is 0 Å². The lowest BCUT2D eigenvalue weighted by atomic mass is 10.3. The fourth-order valence-electron chi connectivity index (χ4n) is 1.20. The van der Waals surface area contributed by atoms with Gasteiger partial charge in [-0.1, -0.05) is 11.6 Å². The Bertz CT molecular complexity index is 400. The molecule has 0 aliphatic rings. The molecule has 2 N–H and O–H groups in total. The minimum Gasteiger partial charge on any atom is -0.330 e. The molecule has 0 unspecified atom stereocenters. The van der Waals surface area contributed by atoms with E-state index in [9.17, 15) is 8.42 Å². The van der Waals surface area contributed by atoms with Crippen molar-refractivity contribution in [3.8, 4) is 0 Å². The lowest BCUT2D eigenvalue weighted by Crippen LogP contribution is -2.08. The molecule has 0 fully saturated rings. The lowest BCUT2D eigenvalue weighted by molar-refractivity contribution is 0.592. The van der Waals surface area contributed by atoms with E-state index in [4.69, 9.17) is 17.3 Å². The first-order chi connectivity index (χ1) is 7.06. The predicted octanol–water partition coefficient (Wildman–Crippen LogP) is 1.85. The molecule has 1 rings (SSSR count). The van der Waals surface area contributed by atoms with Crippen molar-refractivity contribution in [3.05, 3.63) is 29.3 Å². The Hall–Kier alpha value is -0.580. The van der Waals surface area contributed by atoms with E-state index in [1.54, 1.807) is 12.1 Å². The van der Waals surface area contributed by atoms with Gasteiger partial charge in [-0.2, -0.15) is 0 Å². The summed E-state index contributed by atoms with van der Waals surface area (Å²) in [6.07, 6.45) is 1.33. The van der Waals surface area contributed by atoms with E-state index in [-0.39, 0.29) is 5.75 Å². The Balaban J connectivity index is 2.73. The van der Waals surface area contributed by atoms with Gasteiger partial charge in [0.15, 0.2) is 9.84 Å². The maximum absolute atomic E-state index is 11.7. The summed E-state index contributed by atoms with van der Waals surface area (Å²) in [6.45, 7) is 0.524. The Labute approximate surface area is 95.2 Å². The van der Waals surface area contributed by atoms with Gasteiger partial charge in [0.25, 0.3) is 0 Å². The van der Waals surface area contributed by atoms with Crippen LogP contribution in [0.3, 0.4) is 0 Å². The van der Waals surface area contributed by atoms with Crippen LogP contribution in [0.15, 0.2) is 29.2 Å². The molecule has 0 heterocycles. The van der Waals surface area contributed by atoms with Crippen LogP contribution in [0.1, 0.15) is 12.8 Å². The molecule has 0 amide bonds. The zero-order valence-electron chi connectivity index (χ0n) is 8.32. The summed E-state index contributed by atoms with van der Waals surface area (Å²) in [5.41, 5.74) is 5.30. The van der Waals surface area contributed by atoms with Crippen molar-refractivity contribution in [2.24, 2.45) is 5.73 Å². The number of nitrogens with two attached hydrogens (primary N) is 1. The minimum atomic E-state index is -3.16. The van der Waals surface area contributed by atoms with Crippen LogP contribution in [0.5, 0.6) is 0 Å². The quantitative estimate of drug-likeness (QED) is 0.808. The molecule has 0 radical (unpaired) electrons. The summed E-state index contributed by atoms with van der Waals surface area (Å²) in [4.78, 5) is 0.323. The third kappa shape index (κ3) is 3.81. The normalized spacial score (nSPS) is 11.6. The van der Waals surface area contributed by atoms with E-state index in [1.165, 1.54) is 12.1 Å². The molecule has 0 spiro atoms. The number of hydrogen-bond acceptors (Lipinski definition) is 3. The fourth-order valence-corrected chi connectivity index (χ4v) is 2.69. The second kappa shape index (κ2) is 5.49. The highest BCUT2D eigenvalue weighted by molar-refractivity contribution is 7.91. The van der Waals surface area contributed by atoms with Gasteiger partial charge >= 0.3 is 0 Å². The van der Waals surface area contributed by atoms with E-state index < -0.39 is 9.84 Å². The summed E-state index contributed by atoms with van der Waals surface area (Å²) in [7, 11) is -3.16. The minimum absolute atomic E-state index is 0.145. The van der Waals surface area contributed by atoms with Crippen LogP contribution >= 0.6 is 11.6 Å². The highest BCUT2D eigenvalue weighted by atomic mass is 35.5. The van der Waals surface area contributed by atoms with E-state index in [0.29, 0.717) is 22.9 Å². The topological polar surface area (TPSA) is 60.2 Å². The molecule has 0 saturated heterocycles. The van der Waals surface area contributed by atoms with Crippen molar-refractivity contribution in [3.63, 3.8) is 0 Å². The number of rotatable bonds is 5. The van der Waals surface area contributed by atoms with E-state index in [1.807, 2.05) is 0 Å². The highest BCUT2D eigenvalue weighted by Gasteiger charge is 2.12. The van der Waals surface area contributed by atoms with Gasteiger partial charge in [0.05, 0.1) is 10.6 Å². The van der Waals surface area contributed by atoms with Crippen molar-refractivity contribution in [1.29, 1.82) is 0 Å². The third-order valence-corrected chi connectivity index (χ3v) is 4.11. The van der Waals surface area contributed by atoms with Crippen molar-refractivity contribution >= 4 is 21.4 Å². The van der Waals surface area contributed by atoms with E-state index in [2.05, 4.69) is 0 Å². The van der Waals surface area contributed by atoms with Crippen LogP contribution < -0.4 is 5.73 Å². The summed E-state index contributed by atoms with van der Waals surface area (Å²) < 4.78 is 23.5. The van der Waals surface area contributed by atoms with Gasteiger partial charge in [-0.05, 0) is 43.7 Å². The molecule has 84 valence electrons. The molecule has 15 heavy (non-hydrogen) atoms. The van der Waals surface area contributed by atoms with Crippen LogP contribution in [0.2, 0.25) is 5.02 Å². The molecular weight excluding hydrogens is 234 g/mol. The Morgan fingerprint density at radius 3 is 2.27 bits per heavy atom. The van der Waals surface area contributed by atoms with Crippen LogP contribution in [0.4, 0.5) is 0 Å². The molecule has 0 aliphatic carbocycles. The third-order valence-electron chi connectivity index (χ3n) is 2.04. The van der Waals surface area contributed by atoms with Crippen molar-refractivity contribution in [1.82, 2.24) is 0 Å². The van der Waals surface area contributed by atoms with Crippen LogP contribution in [-0.2, 0) is 9.84 Å². The van der Waals surface area contributed by atoms with Gasteiger partial charge in [0.2, 0.25) is 0 Å². The predicted molar refractivity (Wildman–Crippen MR) is 61.8 cm³/mol. The number of benzene rings is 1. The first-order valence-corrected chi connectivity index (χ1v) is 6.77. The van der Waals surface area contributed by atoms with Crippen LogP contribution in [0.25, 0.3) is 0 Å². The standard InChI is InChI=1S/C10H14ClNO2S/c11-9-3-5-10(6-4-9)15(13,14)8-2-1-7-12/h3-6H,1-2,7-8,12H2. The average Bonchev–Trinajstić information content (AvgIpc) is 2.18. The number of sulfone groups is 1. The first kappa shape index (κ1) is 12.5. The zero-order chi connectivity index (χ0) is 11.3. The van der Waals surface area contributed by atoms with Crippen molar-refractivity contribution < 1.29 is 8.42 Å². The monoisotopic (exact) mass is 247 g/mol. The summed E-state index contributed by atoms with van der Waals surface area (Å²) in [6, 6.07) is 6.22. The number of hydrogen-bond donors (Lipinski definition) is 1. The maximum atomic E-state index is 11.7. The molecular formula is C10H14ClNO2S. The lowest BCUT2D eigenvalue weighted by Gasteiger charge is -2.03.